The van der Waals surface area contributed by atoms with Gasteiger partial charge in [0.15, 0.2) is 11.5 Å². The minimum absolute atomic E-state index is 0.0778. The lowest BCUT2D eigenvalue weighted by Gasteiger charge is -2.15. The molecule has 0 aliphatic carbocycles. The Bertz CT molecular complexity index is 700. The maximum Gasteiger partial charge on any atom is 0.162 e. The Labute approximate surface area is 153 Å². The Morgan fingerprint density at radius 2 is 2.00 bits per heavy atom. The van der Waals surface area contributed by atoms with Crippen LogP contribution < -0.4 is 14.8 Å². The van der Waals surface area contributed by atoms with E-state index in [1.165, 1.54) is 12.1 Å². The molecule has 0 atom stereocenters. The van der Waals surface area contributed by atoms with Gasteiger partial charge in [-0.3, -0.25) is 0 Å². The highest BCUT2D eigenvalue weighted by molar-refractivity contribution is 9.10. The number of halogens is 3. The normalized spacial score (nSPS) is 10.7. The quantitative estimate of drug-likeness (QED) is 0.638. The first-order chi connectivity index (χ1) is 11.5. The lowest BCUT2D eigenvalue weighted by Crippen LogP contribution is -2.17. The Kier molecular flexibility index (Phi) is 7.30. The van der Waals surface area contributed by atoms with Crippen molar-refractivity contribution in [1.29, 1.82) is 0 Å². The molecule has 0 saturated heterocycles. The second-order valence-electron chi connectivity index (χ2n) is 5.02. The summed E-state index contributed by atoms with van der Waals surface area (Å²) in [6.07, 6.45) is 0. The van der Waals surface area contributed by atoms with Gasteiger partial charge in [0.1, 0.15) is 12.4 Å². The van der Waals surface area contributed by atoms with Gasteiger partial charge in [-0.1, -0.05) is 33.6 Å². The van der Waals surface area contributed by atoms with Gasteiger partial charge in [0.05, 0.1) is 18.7 Å². The van der Waals surface area contributed by atoms with E-state index in [0.29, 0.717) is 35.2 Å². The van der Waals surface area contributed by atoms with Gasteiger partial charge >= 0.3 is 0 Å². The van der Waals surface area contributed by atoms with Crippen molar-refractivity contribution in [3.05, 3.63) is 56.8 Å². The van der Waals surface area contributed by atoms with Crippen LogP contribution in [0.5, 0.6) is 11.5 Å². The molecule has 4 nitrogen and oxygen atoms in total. The summed E-state index contributed by atoms with van der Waals surface area (Å²) in [5.74, 6) is 0.747. The summed E-state index contributed by atoms with van der Waals surface area (Å²) >= 11 is 9.51. The third-order valence-corrected chi connectivity index (χ3v) is 4.43. The summed E-state index contributed by atoms with van der Waals surface area (Å²) in [4.78, 5) is 0. The number of aliphatic hydroxyl groups excluding tert-OH is 1. The maximum atomic E-state index is 13.1. The molecule has 0 aliphatic rings. The fourth-order valence-corrected chi connectivity index (χ4v) is 2.77. The van der Waals surface area contributed by atoms with Crippen LogP contribution in [0.1, 0.15) is 11.1 Å². The lowest BCUT2D eigenvalue weighted by atomic mass is 10.2. The van der Waals surface area contributed by atoms with Crippen LogP contribution in [0.4, 0.5) is 4.39 Å². The fourth-order valence-electron chi connectivity index (χ4n) is 2.08. The summed E-state index contributed by atoms with van der Waals surface area (Å²) < 4.78 is 25.1. The Morgan fingerprint density at radius 3 is 2.67 bits per heavy atom. The highest BCUT2D eigenvalue weighted by atomic mass is 79.9. The first-order valence-electron chi connectivity index (χ1n) is 7.30. The van der Waals surface area contributed by atoms with Crippen molar-refractivity contribution in [2.45, 2.75) is 13.2 Å². The molecule has 0 bridgehead atoms. The highest BCUT2D eigenvalue weighted by Crippen LogP contribution is 2.34. The Hall–Kier alpha value is -1.34. The van der Waals surface area contributed by atoms with E-state index >= 15 is 0 Å². The van der Waals surface area contributed by atoms with Gasteiger partial charge in [-0.2, -0.15) is 0 Å². The molecule has 0 aromatic heterocycles. The first-order valence-corrected chi connectivity index (χ1v) is 8.47. The first kappa shape index (κ1) is 19.0. The number of benzene rings is 2. The zero-order chi connectivity index (χ0) is 17.5. The largest absolute Gasteiger partial charge is 0.493 e. The number of nitrogens with one attached hydrogen (secondary N) is 1. The van der Waals surface area contributed by atoms with Gasteiger partial charge in [0.2, 0.25) is 0 Å². The molecule has 2 aromatic carbocycles. The Morgan fingerprint density at radius 1 is 1.21 bits per heavy atom. The number of hydrogen-bond donors (Lipinski definition) is 2. The molecule has 24 heavy (non-hydrogen) atoms. The van der Waals surface area contributed by atoms with E-state index in [0.717, 1.165) is 10.0 Å². The molecular weight excluding hydrogens is 401 g/mol. The summed E-state index contributed by atoms with van der Waals surface area (Å²) in [6.45, 7) is 1.37. The fraction of sp³-hybridized carbons (Fsp3) is 0.294. The third kappa shape index (κ3) is 5.08. The van der Waals surface area contributed by atoms with E-state index in [1.807, 2.05) is 12.1 Å². The molecule has 0 heterocycles. The van der Waals surface area contributed by atoms with Crippen LogP contribution in [0.25, 0.3) is 0 Å². The van der Waals surface area contributed by atoms with Gasteiger partial charge in [0.25, 0.3) is 0 Å². The standard InChI is InChI=1S/C17H18BrClFNO3/c1-23-16-6-12(9-21-4-5-22)14(18)8-17(16)24-10-11-2-3-13(20)7-15(11)19/h2-3,6-8,21-22H,4-5,9-10H2,1H3. The van der Waals surface area contributed by atoms with Gasteiger partial charge in [0, 0.05) is 23.1 Å². The molecule has 0 amide bonds. The SMILES string of the molecule is COc1cc(CNCCO)c(Br)cc1OCc1ccc(F)cc1Cl. The van der Waals surface area contributed by atoms with Crippen molar-refractivity contribution in [1.82, 2.24) is 5.32 Å². The van der Waals surface area contributed by atoms with Gasteiger partial charge in [-0.15, -0.1) is 0 Å². The minimum atomic E-state index is -0.385. The van der Waals surface area contributed by atoms with Crippen molar-refractivity contribution in [2.75, 3.05) is 20.3 Å². The molecule has 0 radical (unpaired) electrons. The molecule has 7 heteroatoms. The van der Waals surface area contributed by atoms with Crippen LogP contribution in [-0.2, 0) is 13.2 Å². The number of hydrogen-bond acceptors (Lipinski definition) is 4. The number of ether oxygens (including phenoxy) is 2. The smallest absolute Gasteiger partial charge is 0.162 e. The zero-order valence-electron chi connectivity index (χ0n) is 13.1. The predicted octanol–water partition coefficient (Wildman–Crippen LogP) is 3.91. The van der Waals surface area contributed by atoms with Crippen LogP contribution in [-0.4, -0.2) is 25.4 Å². The van der Waals surface area contributed by atoms with E-state index in [1.54, 1.807) is 13.2 Å². The second kappa shape index (κ2) is 9.22. The topological polar surface area (TPSA) is 50.7 Å². The molecule has 2 rings (SSSR count). The average Bonchev–Trinajstić information content (AvgIpc) is 2.56. The van der Waals surface area contributed by atoms with Gasteiger partial charge in [-0.25, -0.2) is 4.39 Å². The monoisotopic (exact) mass is 417 g/mol. The van der Waals surface area contributed by atoms with E-state index in [4.69, 9.17) is 26.2 Å². The lowest BCUT2D eigenvalue weighted by molar-refractivity contribution is 0.283. The molecule has 0 fully saturated rings. The maximum absolute atomic E-state index is 13.1. The average molecular weight is 419 g/mol. The summed E-state index contributed by atoms with van der Waals surface area (Å²) in [7, 11) is 1.56. The van der Waals surface area contributed by atoms with Crippen molar-refractivity contribution >= 4 is 27.5 Å². The van der Waals surface area contributed by atoms with Crippen molar-refractivity contribution in [3.63, 3.8) is 0 Å². The molecule has 0 spiro atoms. The van der Waals surface area contributed by atoms with E-state index in [9.17, 15) is 4.39 Å². The van der Waals surface area contributed by atoms with Crippen molar-refractivity contribution < 1.29 is 19.0 Å². The van der Waals surface area contributed by atoms with Crippen LogP contribution in [0.3, 0.4) is 0 Å². The van der Waals surface area contributed by atoms with E-state index < -0.39 is 0 Å². The highest BCUT2D eigenvalue weighted by Gasteiger charge is 2.11. The van der Waals surface area contributed by atoms with E-state index in [-0.39, 0.29) is 19.0 Å². The predicted molar refractivity (Wildman–Crippen MR) is 95.2 cm³/mol. The van der Waals surface area contributed by atoms with Gasteiger partial charge in [-0.05, 0) is 29.8 Å². The number of methoxy groups -OCH3 is 1. The van der Waals surface area contributed by atoms with E-state index in [2.05, 4.69) is 21.2 Å². The van der Waals surface area contributed by atoms with Crippen molar-refractivity contribution in [2.24, 2.45) is 0 Å². The molecule has 130 valence electrons. The van der Waals surface area contributed by atoms with Crippen LogP contribution in [0.15, 0.2) is 34.8 Å². The molecule has 0 unspecified atom stereocenters. The van der Waals surface area contributed by atoms with Gasteiger partial charge < -0.3 is 19.9 Å². The zero-order valence-corrected chi connectivity index (χ0v) is 15.5. The Balaban J connectivity index is 2.13. The summed E-state index contributed by atoms with van der Waals surface area (Å²) in [5, 5.41) is 12.2. The summed E-state index contributed by atoms with van der Waals surface area (Å²) in [5.41, 5.74) is 1.66. The molecule has 0 aliphatic heterocycles. The molecule has 2 aromatic rings. The molecule has 2 N–H and O–H groups in total. The molecular formula is C17H18BrClFNO3. The van der Waals surface area contributed by atoms with Crippen molar-refractivity contribution in [3.8, 4) is 11.5 Å². The van der Waals surface area contributed by atoms with Crippen LogP contribution in [0, 0.1) is 5.82 Å². The number of aliphatic hydroxyl groups is 1. The van der Waals surface area contributed by atoms with Crippen LogP contribution in [0.2, 0.25) is 5.02 Å². The second-order valence-corrected chi connectivity index (χ2v) is 6.28. The molecule has 0 saturated carbocycles. The van der Waals surface area contributed by atoms with Crippen LogP contribution >= 0.6 is 27.5 Å². The summed E-state index contributed by atoms with van der Waals surface area (Å²) in [6, 6.07) is 7.85. The number of rotatable bonds is 8. The third-order valence-electron chi connectivity index (χ3n) is 3.33. The minimum Gasteiger partial charge on any atom is -0.493 e.